The highest BCUT2D eigenvalue weighted by molar-refractivity contribution is 5.99. The minimum Gasteiger partial charge on any atom is -0.543 e. The number of amides is 3. The molecule has 0 radical (unpaired) electrons. The molecule has 7 N–H and O–H groups in total. The molecule has 2 aliphatic rings. The van der Waals surface area contributed by atoms with Crippen LogP contribution in [0.1, 0.15) is 47.4 Å². The van der Waals surface area contributed by atoms with Crippen LogP contribution in [0.5, 0.6) is 23.0 Å². The van der Waals surface area contributed by atoms with Crippen molar-refractivity contribution >= 4 is 23.7 Å². The number of aromatic hydroxyl groups is 4. The summed E-state index contributed by atoms with van der Waals surface area (Å²) in [6.07, 6.45) is -0.413. The first-order chi connectivity index (χ1) is 22.5. The van der Waals surface area contributed by atoms with Gasteiger partial charge in [0, 0.05) is 37.4 Å². The van der Waals surface area contributed by atoms with Crippen LogP contribution in [0.4, 0.5) is 8.78 Å². The van der Waals surface area contributed by atoms with Crippen molar-refractivity contribution in [2.75, 3.05) is 39.8 Å². The van der Waals surface area contributed by atoms with Crippen molar-refractivity contribution in [1.29, 1.82) is 0 Å². The van der Waals surface area contributed by atoms with Gasteiger partial charge >= 0.3 is 0 Å². The number of hydrogen-bond donors (Lipinski definition) is 7. The molecule has 260 valence electrons. The maximum atomic E-state index is 14.3. The molecule has 0 bridgehead atoms. The second kappa shape index (κ2) is 14.0. The van der Waals surface area contributed by atoms with Crippen molar-refractivity contribution in [3.05, 3.63) is 58.3 Å². The fourth-order valence-electron chi connectivity index (χ4n) is 6.50. The third-order valence-electron chi connectivity index (χ3n) is 9.06. The zero-order valence-corrected chi connectivity index (χ0v) is 26.5. The number of nitrogens with zero attached hydrogens (tertiary/aromatic N) is 2. The number of carboxylic acid groups (broad SMARTS) is 1. The van der Waals surface area contributed by atoms with E-state index in [0.29, 0.717) is 31.5 Å². The van der Waals surface area contributed by atoms with E-state index in [1.807, 2.05) is 0 Å². The lowest BCUT2D eigenvalue weighted by Gasteiger charge is -2.47. The molecule has 0 spiro atoms. The highest BCUT2D eigenvalue weighted by Crippen LogP contribution is 2.47. The average Bonchev–Trinajstić information content (AvgIpc) is 3.26. The van der Waals surface area contributed by atoms with Crippen molar-refractivity contribution in [2.24, 2.45) is 11.8 Å². The standard InChI is InChI=1S/C32H38F2N4O10/c1-15-19(26(32(47)48)37-25(15)22(16(2)39)31(37)46)14-38(3,12-4-10-35-29(44)17-6-8-20(40)27(42)23(17)33)13-5-11-36-30(45)18-7-9-21(41)28(43)24(18)34/h6-9,15-16,22,25,39H,4-5,10-14H2,1-3H3,(H6-,35,36,40,41,42,43,44,45,47,48)/t15-,16+,22+,25+/m0/s1. The summed E-state index contributed by atoms with van der Waals surface area (Å²) in [7, 11) is 1.80. The molecule has 1 fully saturated rings. The highest BCUT2D eigenvalue weighted by Gasteiger charge is 2.59. The lowest BCUT2D eigenvalue weighted by atomic mass is 9.77. The molecule has 0 aliphatic carbocycles. The lowest BCUT2D eigenvalue weighted by molar-refractivity contribution is -0.905. The second-order valence-electron chi connectivity index (χ2n) is 12.4. The molecule has 0 saturated carbocycles. The Morgan fingerprint density at radius 2 is 1.38 bits per heavy atom. The Balaban J connectivity index is 1.48. The fraction of sp³-hybridized carbons (Fsp3) is 0.438. The van der Waals surface area contributed by atoms with Crippen LogP contribution >= 0.6 is 0 Å². The first-order valence-electron chi connectivity index (χ1n) is 15.3. The van der Waals surface area contributed by atoms with Gasteiger partial charge in [-0.25, -0.2) is 8.78 Å². The third kappa shape index (κ3) is 6.85. The van der Waals surface area contributed by atoms with Gasteiger partial charge in [0.15, 0.2) is 34.6 Å². The summed E-state index contributed by atoms with van der Waals surface area (Å²) in [5.41, 5.74) is -0.801. The number of phenols is 4. The Kier molecular flexibility index (Phi) is 10.5. The van der Waals surface area contributed by atoms with Crippen molar-refractivity contribution in [3.63, 3.8) is 0 Å². The molecule has 2 heterocycles. The smallest absolute Gasteiger partial charge is 0.254 e. The van der Waals surface area contributed by atoms with Crippen LogP contribution in [-0.4, -0.2) is 111 Å². The number of hydrogen-bond acceptors (Lipinski definition) is 10. The van der Waals surface area contributed by atoms with Gasteiger partial charge in [-0.05, 0) is 31.2 Å². The van der Waals surface area contributed by atoms with E-state index in [1.54, 1.807) is 14.0 Å². The molecule has 2 aliphatic heterocycles. The number of likely N-dealkylation sites (N-methyl/N-ethyl adjacent to an activating group) is 1. The number of quaternary nitrogens is 1. The van der Waals surface area contributed by atoms with Gasteiger partial charge in [0.1, 0.15) is 6.54 Å². The van der Waals surface area contributed by atoms with Crippen LogP contribution < -0.4 is 15.7 Å². The Bertz CT molecular complexity index is 1590. The average molecular weight is 677 g/mol. The zero-order valence-electron chi connectivity index (χ0n) is 26.5. The number of β-lactam (4-membered cyclic amide) rings is 1. The van der Waals surface area contributed by atoms with E-state index in [-0.39, 0.29) is 29.8 Å². The number of rotatable bonds is 14. The molecule has 16 heteroatoms. The van der Waals surface area contributed by atoms with E-state index < -0.39 is 93.4 Å². The summed E-state index contributed by atoms with van der Waals surface area (Å²) in [4.78, 5) is 51.4. The molecule has 4 rings (SSSR count). The minimum atomic E-state index is -1.54. The van der Waals surface area contributed by atoms with Gasteiger partial charge in [0.2, 0.25) is 5.91 Å². The van der Waals surface area contributed by atoms with Crippen molar-refractivity contribution in [2.45, 2.75) is 38.8 Å². The number of fused-ring (bicyclic) bond motifs is 1. The van der Waals surface area contributed by atoms with Gasteiger partial charge in [0.05, 0.1) is 61.0 Å². The maximum absolute atomic E-state index is 14.3. The van der Waals surface area contributed by atoms with Crippen LogP contribution in [0.15, 0.2) is 35.5 Å². The number of nitrogens with one attached hydrogen (secondary N) is 2. The Morgan fingerprint density at radius 1 is 0.917 bits per heavy atom. The molecule has 3 amide bonds. The Labute approximate surface area is 274 Å². The van der Waals surface area contributed by atoms with Crippen LogP contribution in [0.25, 0.3) is 0 Å². The second-order valence-corrected chi connectivity index (χ2v) is 12.4. The predicted molar refractivity (Wildman–Crippen MR) is 161 cm³/mol. The number of aliphatic hydroxyl groups is 1. The minimum absolute atomic E-state index is 0.0351. The van der Waals surface area contributed by atoms with Crippen LogP contribution in [0.2, 0.25) is 0 Å². The number of aliphatic hydroxyl groups excluding tert-OH is 1. The van der Waals surface area contributed by atoms with Crippen molar-refractivity contribution in [3.8, 4) is 23.0 Å². The first-order valence-corrected chi connectivity index (χ1v) is 15.3. The lowest BCUT2D eigenvalue weighted by Crippen LogP contribution is -2.64. The third-order valence-corrected chi connectivity index (χ3v) is 9.06. The Hall–Kier alpha value is -4.96. The highest BCUT2D eigenvalue weighted by atomic mass is 19.1. The van der Waals surface area contributed by atoms with Crippen LogP contribution in [-0.2, 0) is 9.59 Å². The number of carboxylic acids is 1. The van der Waals surface area contributed by atoms with Gasteiger partial charge in [-0.1, -0.05) is 6.92 Å². The van der Waals surface area contributed by atoms with E-state index >= 15 is 0 Å². The molecule has 0 unspecified atom stereocenters. The van der Waals surface area contributed by atoms with E-state index in [2.05, 4.69) is 10.6 Å². The van der Waals surface area contributed by atoms with Gasteiger partial charge in [-0.2, -0.15) is 0 Å². The molecule has 0 aromatic heterocycles. The van der Waals surface area contributed by atoms with E-state index in [0.717, 1.165) is 29.2 Å². The normalized spacial score (nSPS) is 19.5. The van der Waals surface area contributed by atoms with Gasteiger partial charge < -0.3 is 55.5 Å². The number of aliphatic carboxylic acids is 1. The topological polar surface area (TPSA) is 220 Å². The quantitative estimate of drug-likeness (QED) is 0.0616. The summed E-state index contributed by atoms with van der Waals surface area (Å²) >= 11 is 0. The molecular formula is C32H38F2N4O10. The molecule has 1 saturated heterocycles. The monoisotopic (exact) mass is 676 g/mol. The molecule has 2 aromatic rings. The Morgan fingerprint density at radius 3 is 1.79 bits per heavy atom. The summed E-state index contributed by atoms with van der Waals surface area (Å²) in [6.45, 7) is 4.03. The SMILES string of the molecule is C[C@@H](O)[C@H]1C(=O)N2C(C(=O)[O-])=C(C[N+](C)(CCCNC(=O)c3ccc(O)c(O)c3F)CCCNC(=O)c3ccc(O)c(O)c3F)[C@H](C)[C@H]12. The summed E-state index contributed by atoms with van der Waals surface area (Å²) in [5, 5.41) is 65.7. The van der Waals surface area contributed by atoms with E-state index in [9.17, 15) is 58.6 Å². The van der Waals surface area contributed by atoms with E-state index in [1.165, 1.54) is 6.92 Å². The maximum Gasteiger partial charge on any atom is 0.254 e. The fourth-order valence-corrected chi connectivity index (χ4v) is 6.50. The first kappa shape index (κ1) is 35.9. The number of carbonyl (C=O) groups excluding carboxylic acids is 4. The molecule has 4 atom stereocenters. The van der Waals surface area contributed by atoms with Crippen molar-refractivity contribution in [1.82, 2.24) is 15.5 Å². The van der Waals surface area contributed by atoms with Crippen LogP contribution in [0, 0.1) is 23.5 Å². The molecule has 2 aromatic carbocycles. The van der Waals surface area contributed by atoms with Gasteiger partial charge in [0.25, 0.3) is 11.8 Å². The molecular weight excluding hydrogens is 638 g/mol. The number of benzene rings is 2. The molecule has 14 nitrogen and oxygen atoms in total. The summed E-state index contributed by atoms with van der Waals surface area (Å²) in [5.74, 6) is -11.1. The summed E-state index contributed by atoms with van der Waals surface area (Å²) in [6, 6.07) is 3.40. The number of halogens is 2. The predicted octanol–water partition coefficient (Wildman–Crippen LogP) is 0.0353. The largest absolute Gasteiger partial charge is 0.543 e. The van der Waals surface area contributed by atoms with Crippen molar-refractivity contribution < 1.29 is 63.1 Å². The number of carbonyl (C=O) groups is 4. The molecule has 48 heavy (non-hydrogen) atoms. The van der Waals surface area contributed by atoms with Gasteiger partial charge in [-0.3, -0.25) is 14.4 Å². The summed E-state index contributed by atoms with van der Waals surface area (Å²) < 4.78 is 28.7. The van der Waals surface area contributed by atoms with Crippen LogP contribution in [0.3, 0.4) is 0 Å². The van der Waals surface area contributed by atoms with E-state index in [4.69, 9.17) is 0 Å². The number of phenolic OH excluding ortho intramolecular Hbond substituents is 4. The van der Waals surface area contributed by atoms with Gasteiger partial charge in [-0.15, -0.1) is 0 Å². The zero-order chi connectivity index (χ0) is 35.7.